The molecule has 0 bridgehead atoms. The van der Waals surface area contributed by atoms with Crippen molar-refractivity contribution < 1.29 is 33.6 Å². The summed E-state index contributed by atoms with van der Waals surface area (Å²) in [7, 11) is 0. The highest BCUT2D eigenvalue weighted by Crippen LogP contribution is 2.40. The van der Waals surface area contributed by atoms with E-state index in [4.69, 9.17) is 24.7 Å². The molecule has 216 valence electrons. The number of anilines is 3. The number of aromatic hydroxyl groups is 1. The number of allylic oxidation sites excluding steroid dienone is 1. The number of ether oxygens (including phenoxy) is 4. The maximum absolute atomic E-state index is 13.1. The normalized spacial score (nSPS) is 13.5. The average molecular weight is 691 g/mol. The van der Waals surface area contributed by atoms with Crippen molar-refractivity contribution in [3.63, 3.8) is 0 Å². The molecule has 5 N–H and O–H groups in total. The van der Waals surface area contributed by atoms with Gasteiger partial charge < -0.3 is 35.1 Å². The lowest BCUT2D eigenvalue weighted by Crippen LogP contribution is -2.29. The number of nitrogen functional groups attached to an aromatic ring is 1. The molecule has 1 aliphatic rings. The van der Waals surface area contributed by atoms with Crippen LogP contribution in [0.15, 0.2) is 75.7 Å². The summed E-state index contributed by atoms with van der Waals surface area (Å²) < 4.78 is 23.6. The van der Waals surface area contributed by atoms with Crippen molar-refractivity contribution in [2.45, 2.75) is 32.0 Å². The molecule has 2 atom stereocenters. The summed E-state index contributed by atoms with van der Waals surface area (Å²) >= 11 is 6.78. The molecule has 3 aromatic rings. The number of carbonyl (C=O) groups excluding carboxylic acids is 2. The first-order chi connectivity index (χ1) is 19.7. The zero-order valence-electron chi connectivity index (χ0n) is 22.1. The number of hydrogen-bond acceptors (Lipinski definition) is 8. The second-order valence-corrected chi connectivity index (χ2v) is 10.7. The summed E-state index contributed by atoms with van der Waals surface area (Å²) in [4.78, 5) is 25.4. The van der Waals surface area contributed by atoms with E-state index in [-0.39, 0.29) is 18.4 Å². The molecular formula is C29H29Br2N3O7. The zero-order valence-corrected chi connectivity index (χ0v) is 25.2. The second-order valence-electron chi connectivity index (χ2n) is 8.89. The second kappa shape index (κ2) is 14.2. The van der Waals surface area contributed by atoms with E-state index < -0.39 is 18.3 Å². The maximum atomic E-state index is 13.1. The molecule has 0 unspecified atom stereocenters. The lowest BCUT2D eigenvalue weighted by Gasteiger charge is -2.28. The predicted octanol–water partition coefficient (Wildman–Crippen LogP) is 6.90. The Bertz CT molecular complexity index is 1430. The molecule has 1 aliphatic heterocycles. The van der Waals surface area contributed by atoms with E-state index in [1.807, 2.05) is 6.92 Å². The topological polar surface area (TPSA) is 141 Å². The molecule has 10 nitrogen and oxygen atoms in total. The molecule has 3 aromatic carbocycles. The van der Waals surface area contributed by atoms with Gasteiger partial charge in [0, 0.05) is 28.4 Å². The molecule has 4 rings (SSSR count). The van der Waals surface area contributed by atoms with Crippen LogP contribution in [0.25, 0.3) is 0 Å². The molecule has 0 radical (unpaired) electrons. The first-order valence-electron chi connectivity index (χ1n) is 12.7. The summed E-state index contributed by atoms with van der Waals surface area (Å²) in [6, 6.07) is 15.3. The van der Waals surface area contributed by atoms with Crippen molar-refractivity contribution in [3.05, 3.63) is 81.3 Å². The van der Waals surface area contributed by atoms with Crippen LogP contribution in [0.5, 0.6) is 17.2 Å². The van der Waals surface area contributed by atoms with Crippen molar-refractivity contribution in [2.24, 2.45) is 0 Å². The van der Waals surface area contributed by atoms with Crippen molar-refractivity contribution in [1.82, 2.24) is 0 Å². The minimum atomic E-state index is -0.996. The molecule has 0 aromatic heterocycles. The number of benzene rings is 3. The van der Waals surface area contributed by atoms with Crippen LogP contribution < -0.4 is 25.8 Å². The molecular weight excluding hydrogens is 662 g/mol. The van der Waals surface area contributed by atoms with E-state index in [0.717, 1.165) is 0 Å². The highest BCUT2D eigenvalue weighted by molar-refractivity contribution is 9.11. The Labute approximate surface area is 254 Å². The van der Waals surface area contributed by atoms with Gasteiger partial charge in [0.2, 0.25) is 12.7 Å². The number of fused-ring (bicyclic) bond motifs is 1. The number of hydrogen-bond donors (Lipinski definition) is 4. The van der Waals surface area contributed by atoms with Crippen LogP contribution in [0.3, 0.4) is 0 Å². The average Bonchev–Trinajstić information content (AvgIpc) is 3.40. The van der Waals surface area contributed by atoms with Gasteiger partial charge in [-0.15, -0.1) is 0 Å². The van der Waals surface area contributed by atoms with Gasteiger partial charge in [-0.25, -0.2) is 4.79 Å². The number of rotatable bonds is 11. The quantitative estimate of drug-likeness (QED) is 0.126. The van der Waals surface area contributed by atoms with Crippen LogP contribution in [-0.4, -0.2) is 36.6 Å². The van der Waals surface area contributed by atoms with E-state index in [1.54, 1.807) is 60.7 Å². The Kier molecular flexibility index (Phi) is 10.5. The molecule has 0 saturated carbocycles. The summed E-state index contributed by atoms with van der Waals surface area (Å²) in [6.07, 6.45) is 1.48. The monoisotopic (exact) mass is 689 g/mol. The lowest BCUT2D eigenvalue weighted by atomic mass is 9.99. The van der Waals surface area contributed by atoms with Gasteiger partial charge >= 0.3 is 6.09 Å². The first-order valence-corrected chi connectivity index (χ1v) is 14.3. The van der Waals surface area contributed by atoms with Gasteiger partial charge in [-0.05, 0) is 78.2 Å². The van der Waals surface area contributed by atoms with Crippen LogP contribution in [0.1, 0.15) is 31.4 Å². The summed E-state index contributed by atoms with van der Waals surface area (Å²) in [5.41, 5.74) is 7.66. The summed E-state index contributed by atoms with van der Waals surface area (Å²) in [6.45, 7) is 2.25. The van der Waals surface area contributed by atoms with Gasteiger partial charge in [0.1, 0.15) is 5.75 Å². The third-order valence-electron chi connectivity index (χ3n) is 6.04. The Morgan fingerprint density at radius 2 is 1.88 bits per heavy atom. The van der Waals surface area contributed by atoms with E-state index in [0.29, 0.717) is 62.5 Å². The molecule has 1 heterocycles. The molecule has 0 fully saturated rings. The number of amides is 2. The minimum absolute atomic E-state index is 0.0887. The zero-order chi connectivity index (χ0) is 29.4. The predicted molar refractivity (Wildman–Crippen MR) is 162 cm³/mol. The van der Waals surface area contributed by atoms with Crippen LogP contribution in [0.2, 0.25) is 0 Å². The van der Waals surface area contributed by atoms with Crippen molar-refractivity contribution in [1.29, 1.82) is 0 Å². The Hall–Kier alpha value is -3.74. The molecule has 12 heteroatoms. The van der Waals surface area contributed by atoms with E-state index in [9.17, 15) is 14.7 Å². The van der Waals surface area contributed by atoms with Gasteiger partial charge in [0.15, 0.2) is 17.6 Å². The van der Waals surface area contributed by atoms with E-state index in [1.165, 1.54) is 6.08 Å². The summed E-state index contributed by atoms with van der Waals surface area (Å²) in [5, 5.41) is 16.3. The fourth-order valence-electron chi connectivity index (χ4n) is 4.15. The fourth-order valence-corrected chi connectivity index (χ4v) is 5.41. The molecule has 0 saturated heterocycles. The maximum Gasteiger partial charge on any atom is 0.412 e. The highest BCUT2D eigenvalue weighted by atomic mass is 79.9. The van der Waals surface area contributed by atoms with Crippen molar-refractivity contribution >= 4 is 60.9 Å². The SMILES string of the molecule is CCO[C@@H](CC/C=C/C(=O)Nc1ccccc1N)[C@@H](OC(=O)Nc1ccc2c(c1)OCO2)c1cc(Br)cc(Br)c1O. The molecule has 0 spiro atoms. The van der Waals surface area contributed by atoms with E-state index in [2.05, 4.69) is 42.5 Å². The van der Waals surface area contributed by atoms with Gasteiger partial charge in [0.25, 0.3) is 0 Å². The van der Waals surface area contributed by atoms with Gasteiger partial charge in [-0.2, -0.15) is 0 Å². The van der Waals surface area contributed by atoms with Crippen LogP contribution in [0.4, 0.5) is 21.9 Å². The largest absolute Gasteiger partial charge is 0.506 e. The minimum Gasteiger partial charge on any atom is -0.506 e. The Morgan fingerprint density at radius 1 is 1.10 bits per heavy atom. The fraction of sp³-hybridized carbons (Fsp3) is 0.241. The van der Waals surface area contributed by atoms with Gasteiger partial charge in [-0.1, -0.05) is 34.1 Å². The lowest BCUT2D eigenvalue weighted by molar-refractivity contribution is -0.111. The molecule has 41 heavy (non-hydrogen) atoms. The number of halogens is 2. The Morgan fingerprint density at radius 3 is 2.66 bits per heavy atom. The number of para-hydroxylation sites is 2. The first kappa shape index (κ1) is 30.2. The number of phenols is 1. The smallest absolute Gasteiger partial charge is 0.412 e. The number of nitrogens with two attached hydrogens (primary N) is 1. The number of carbonyl (C=O) groups is 2. The van der Waals surface area contributed by atoms with Crippen LogP contribution >= 0.6 is 31.9 Å². The molecule has 2 amide bonds. The third-order valence-corrected chi connectivity index (χ3v) is 7.10. The van der Waals surface area contributed by atoms with Crippen LogP contribution in [-0.2, 0) is 14.3 Å². The number of phenolic OH excluding ortho intramolecular Hbond substituents is 1. The number of nitrogens with one attached hydrogen (secondary N) is 2. The van der Waals surface area contributed by atoms with Gasteiger partial charge in [0.05, 0.1) is 22.0 Å². The molecule has 0 aliphatic carbocycles. The van der Waals surface area contributed by atoms with E-state index >= 15 is 0 Å². The highest BCUT2D eigenvalue weighted by Gasteiger charge is 2.31. The van der Waals surface area contributed by atoms with Gasteiger partial charge in [-0.3, -0.25) is 10.1 Å². The van der Waals surface area contributed by atoms with Crippen molar-refractivity contribution in [3.8, 4) is 17.2 Å². The van der Waals surface area contributed by atoms with Crippen LogP contribution in [0, 0.1) is 0 Å². The van der Waals surface area contributed by atoms with Crippen molar-refractivity contribution in [2.75, 3.05) is 29.8 Å². The Balaban J connectivity index is 1.49. The standard InChI is InChI=1S/C29H29Br2N3O7/c1-2-38-24(9-5-6-10-26(35)34-22-8-4-3-7-21(22)32)28(19-13-17(30)14-20(31)27(19)36)41-29(37)33-18-11-12-23-25(15-18)40-16-39-23/h3-4,6-8,10-15,24,28,36H,2,5,9,16,32H2,1H3,(H,33,37)(H,34,35)/b10-6+/t24-,28-/m0/s1. The third kappa shape index (κ3) is 8.15. The summed E-state index contributed by atoms with van der Waals surface area (Å²) in [5.74, 6) is 0.663.